The summed E-state index contributed by atoms with van der Waals surface area (Å²) in [4.78, 5) is 2.41. The molecule has 2 N–H and O–H groups in total. The first-order valence-electron chi connectivity index (χ1n) is 6.75. The topological polar surface area (TPSA) is 29.3 Å². The van der Waals surface area contributed by atoms with Crippen LogP contribution < -0.4 is 10.6 Å². The summed E-state index contributed by atoms with van der Waals surface area (Å²) in [7, 11) is 0. The third kappa shape index (κ3) is 3.18. The second-order valence-corrected chi connectivity index (χ2v) is 6.40. The highest BCUT2D eigenvalue weighted by Crippen LogP contribution is 2.34. The first-order valence-corrected chi connectivity index (χ1v) is 7.13. The van der Waals surface area contributed by atoms with Gasteiger partial charge in [0, 0.05) is 19.6 Å². The summed E-state index contributed by atoms with van der Waals surface area (Å²) in [5.41, 5.74) is 8.35. The summed E-state index contributed by atoms with van der Waals surface area (Å²) in [5, 5.41) is 0.831. The van der Waals surface area contributed by atoms with Gasteiger partial charge in [-0.2, -0.15) is 0 Å². The number of nitrogens with two attached hydrogens (primary N) is 1. The highest BCUT2D eigenvalue weighted by Gasteiger charge is 2.23. The molecule has 0 aliphatic carbocycles. The molecule has 2 nitrogen and oxygen atoms in total. The lowest BCUT2D eigenvalue weighted by Crippen LogP contribution is -2.25. The van der Waals surface area contributed by atoms with Crippen molar-refractivity contribution in [2.24, 2.45) is 11.1 Å². The Morgan fingerprint density at radius 1 is 1.28 bits per heavy atom. The maximum absolute atomic E-state index is 6.37. The average molecular weight is 267 g/mol. The van der Waals surface area contributed by atoms with Gasteiger partial charge in [-0.05, 0) is 42.4 Å². The van der Waals surface area contributed by atoms with Crippen molar-refractivity contribution in [3.05, 3.63) is 28.8 Å². The number of rotatable bonds is 2. The summed E-state index contributed by atoms with van der Waals surface area (Å²) in [6.45, 7) is 7.46. The predicted molar refractivity (Wildman–Crippen MR) is 79.2 cm³/mol. The van der Waals surface area contributed by atoms with Crippen LogP contribution in [-0.2, 0) is 6.54 Å². The van der Waals surface area contributed by atoms with Crippen LogP contribution in [0.5, 0.6) is 0 Å². The number of halogens is 1. The molecule has 100 valence electrons. The van der Waals surface area contributed by atoms with E-state index in [-0.39, 0.29) is 0 Å². The van der Waals surface area contributed by atoms with Gasteiger partial charge >= 0.3 is 0 Å². The van der Waals surface area contributed by atoms with Gasteiger partial charge in [0.25, 0.3) is 0 Å². The summed E-state index contributed by atoms with van der Waals surface area (Å²) < 4.78 is 0. The molecular weight excluding hydrogens is 244 g/mol. The first-order chi connectivity index (χ1) is 8.52. The second-order valence-electron chi connectivity index (χ2n) is 5.99. The second kappa shape index (κ2) is 5.50. The van der Waals surface area contributed by atoms with E-state index in [0.717, 1.165) is 29.4 Å². The number of anilines is 1. The molecule has 1 heterocycles. The summed E-state index contributed by atoms with van der Waals surface area (Å²) >= 11 is 6.37. The van der Waals surface area contributed by atoms with Crippen molar-refractivity contribution >= 4 is 17.3 Å². The molecule has 1 aliphatic rings. The van der Waals surface area contributed by atoms with Gasteiger partial charge in [-0.25, -0.2) is 0 Å². The smallest absolute Gasteiger partial charge is 0.0642 e. The lowest BCUT2D eigenvalue weighted by atomic mass is 9.85. The summed E-state index contributed by atoms with van der Waals surface area (Å²) in [5.74, 6) is 0. The van der Waals surface area contributed by atoms with Gasteiger partial charge in [-0.1, -0.05) is 31.5 Å². The van der Waals surface area contributed by atoms with Crippen LogP contribution in [0.15, 0.2) is 18.2 Å². The van der Waals surface area contributed by atoms with Crippen molar-refractivity contribution in [2.45, 2.75) is 39.7 Å². The van der Waals surface area contributed by atoms with Crippen molar-refractivity contribution in [3.8, 4) is 0 Å². The molecule has 0 saturated carbocycles. The van der Waals surface area contributed by atoms with E-state index in [4.69, 9.17) is 17.3 Å². The van der Waals surface area contributed by atoms with Crippen LogP contribution in [-0.4, -0.2) is 13.1 Å². The standard InChI is InChI=1S/C15H23ClN2/c1-15(2)6-3-8-18(9-7-15)14-5-4-12(11-17)10-13(14)16/h4-5,10H,3,6-9,11,17H2,1-2H3. The predicted octanol–water partition coefficient (Wildman–Crippen LogP) is 3.82. The quantitative estimate of drug-likeness (QED) is 0.882. The van der Waals surface area contributed by atoms with E-state index < -0.39 is 0 Å². The Morgan fingerprint density at radius 3 is 2.72 bits per heavy atom. The van der Waals surface area contributed by atoms with Crippen molar-refractivity contribution in [2.75, 3.05) is 18.0 Å². The number of benzene rings is 1. The fourth-order valence-corrected chi connectivity index (χ4v) is 2.92. The molecule has 1 aromatic carbocycles. The van der Waals surface area contributed by atoms with Gasteiger partial charge in [0.2, 0.25) is 0 Å². The molecule has 0 bridgehead atoms. The van der Waals surface area contributed by atoms with Crippen LogP contribution in [0.1, 0.15) is 38.7 Å². The monoisotopic (exact) mass is 266 g/mol. The zero-order valence-electron chi connectivity index (χ0n) is 11.4. The minimum absolute atomic E-state index is 0.457. The normalized spacial score (nSPS) is 19.7. The van der Waals surface area contributed by atoms with Gasteiger partial charge in [-0.3, -0.25) is 0 Å². The molecule has 0 atom stereocenters. The SMILES string of the molecule is CC1(C)CCCN(c2ccc(CN)cc2Cl)CC1. The highest BCUT2D eigenvalue weighted by atomic mass is 35.5. The van der Waals surface area contributed by atoms with E-state index in [1.165, 1.54) is 19.3 Å². The maximum atomic E-state index is 6.37. The maximum Gasteiger partial charge on any atom is 0.0642 e. The number of hydrogen-bond acceptors (Lipinski definition) is 2. The Bertz CT molecular complexity index is 415. The van der Waals surface area contributed by atoms with Crippen molar-refractivity contribution in [3.63, 3.8) is 0 Å². The van der Waals surface area contributed by atoms with Crippen LogP contribution in [0.2, 0.25) is 5.02 Å². The molecule has 0 amide bonds. The molecule has 1 aliphatic heterocycles. The lowest BCUT2D eigenvalue weighted by Gasteiger charge is -2.26. The fourth-order valence-electron chi connectivity index (χ4n) is 2.60. The van der Waals surface area contributed by atoms with E-state index in [1.807, 2.05) is 6.07 Å². The Morgan fingerprint density at radius 2 is 2.06 bits per heavy atom. The largest absolute Gasteiger partial charge is 0.370 e. The number of hydrogen-bond donors (Lipinski definition) is 1. The van der Waals surface area contributed by atoms with E-state index in [2.05, 4.69) is 30.9 Å². The van der Waals surface area contributed by atoms with Crippen molar-refractivity contribution in [1.82, 2.24) is 0 Å². The van der Waals surface area contributed by atoms with E-state index in [1.54, 1.807) is 0 Å². The Hall–Kier alpha value is -0.730. The van der Waals surface area contributed by atoms with Crippen LogP contribution >= 0.6 is 11.6 Å². The van der Waals surface area contributed by atoms with Gasteiger partial charge in [0.1, 0.15) is 0 Å². The van der Waals surface area contributed by atoms with Crippen LogP contribution in [0.4, 0.5) is 5.69 Å². The van der Waals surface area contributed by atoms with Crippen molar-refractivity contribution < 1.29 is 0 Å². The van der Waals surface area contributed by atoms with Gasteiger partial charge < -0.3 is 10.6 Å². The molecule has 0 radical (unpaired) electrons. The molecule has 2 rings (SSSR count). The van der Waals surface area contributed by atoms with Crippen LogP contribution in [0, 0.1) is 5.41 Å². The molecule has 18 heavy (non-hydrogen) atoms. The summed E-state index contributed by atoms with van der Waals surface area (Å²) in [6.07, 6.45) is 3.76. The molecule has 0 unspecified atom stereocenters. The third-order valence-corrected chi connectivity index (χ3v) is 4.23. The number of nitrogens with zero attached hydrogens (tertiary/aromatic N) is 1. The van der Waals surface area contributed by atoms with Gasteiger partial charge in [-0.15, -0.1) is 0 Å². The molecular formula is C15H23ClN2. The average Bonchev–Trinajstić information content (AvgIpc) is 2.50. The van der Waals surface area contributed by atoms with Crippen LogP contribution in [0.25, 0.3) is 0 Å². The Kier molecular flexibility index (Phi) is 4.18. The van der Waals surface area contributed by atoms with Crippen molar-refractivity contribution in [1.29, 1.82) is 0 Å². The Balaban J connectivity index is 2.16. The van der Waals surface area contributed by atoms with Crippen LogP contribution in [0.3, 0.4) is 0 Å². The third-order valence-electron chi connectivity index (χ3n) is 3.93. The van der Waals surface area contributed by atoms with E-state index in [9.17, 15) is 0 Å². The van der Waals surface area contributed by atoms with Gasteiger partial charge in [0.15, 0.2) is 0 Å². The molecule has 1 aromatic rings. The highest BCUT2D eigenvalue weighted by molar-refractivity contribution is 6.33. The molecule has 0 spiro atoms. The fraction of sp³-hybridized carbons (Fsp3) is 0.600. The zero-order chi connectivity index (χ0) is 13.2. The Labute approximate surface area is 115 Å². The minimum Gasteiger partial charge on any atom is -0.370 e. The van der Waals surface area contributed by atoms with Gasteiger partial charge in [0.05, 0.1) is 10.7 Å². The van der Waals surface area contributed by atoms with E-state index in [0.29, 0.717) is 12.0 Å². The zero-order valence-corrected chi connectivity index (χ0v) is 12.1. The van der Waals surface area contributed by atoms with E-state index >= 15 is 0 Å². The minimum atomic E-state index is 0.457. The summed E-state index contributed by atoms with van der Waals surface area (Å²) in [6, 6.07) is 6.19. The lowest BCUT2D eigenvalue weighted by molar-refractivity contribution is 0.325. The first kappa shape index (κ1) is 13.7. The molecule has 1 fully saturated rings. The molecule has 3 heteroatoms. The molecule has 1 saturated heterocycles. The molecule has 0 aromatic heterocycles.